The third-order valence-corrected chi connectivity index (χ3v) is 7.93. The van der Waals surface area contributed by atoms with Gasteiger partial charge in [0, 0.05) is 11.7 Å². The number of hydrogen-bond donors (Lipinski definition) is 2. The first-order valence-corrected chi connectivity index (χ1v) is 14.4. The Bertz CT molecular complexity index is 1230. The quantitative estimate of drug-likeness (QED) is 0.361. The number of carbonyl (C=O) groups excluding carboxylic acids is 3. The van der Waals surface area contributed by atoms with Crippen molar-refractivity contribution in [1.82, 2.24) is 10.2 Å². The summed E-state index contributed by atoms with van der Waals surface area (Å²) in [5.74, 6) is -0.466. The molecule has 0 spiro atoms. The normalized spacial score (nSPS) is 18.8. The zero-order valence-corrected chi connectivity index (χ0v) is 25.8. The lowest BCUT2D eigenvalue weighted by molar-refractivity contribution is -0.142. The summed E-state index contributed by atoms with van der Waals surface area (Å²) in [6, 6.07) is 9.99. The number of amides is 3. The van der Waals surface area contributed by atoms with Crippen LogP contribution >= 0.6 is 0 Å². The van der Waals surface area contributed by atoms with E-state index < -0.39 is 23.8 Å². The van der Waals surface area contributed by atoms with Crippen LogP contribution in [0, 0.1) is 39.5 Å². The van der Waals surface area contributed by atoms with Gasteiger partial charge in [-0.1, -0.05) is 63.6 Å². The van der Waals surface area contributed by atoms with Crippen LogP contribution in [0.2, 0.25) is 0 Å². The topological polar surface area (TPSA) is 87.7 Å². The second-order valence-corrected chi connectivity index (χ2v) is 12.5. The molecule has 40 heavy (non-hydrogen) atoms. The molecule has 5 unspecified atom stereocenters. The van der Waals surface area contributed by atoms with Crippen molar-refractivity contribution in [1.29, 1.82) is 0 Å². The van der Waals surface area contributed by atoms with Gasteiger partial charge in [-0.25, -0.2) is 4.79 Å². The van der Waals surface area contributed by atoms with Crippen LogP contribution in [0.4, 0.5) is 10.5 Å². The average molecular weight is 550 g/mol. The first-order chi connectivity index (χ1) is 18.6. The summed E-state index contributed by atoms with van der Waals surface area (Å²) in [7, 11) is 0. The number of hydrogen-bond acceptors (Lipinski definition) is 4. The molecule has 2 aromatic carbocycles. The van der Waals surface area contributed by atoms with Gasteiger partial charge >= 0.3 is 6.09 Å². The number of anilines is 1. The third-order valence-electron chi connectivity index (χ3n) is 7.93. The van der Waals surface area contributed by atoms with E-state index in [1.165, 1.54) is 0 Å². The van der Waals surface area contributed by atoms with Crippen LogP contribution in [0.1, 0.15) is 88.2 Å². The van der Waals surface area contributed by atoms with E-state index in [0.29, 0.717) is 6.42 Å². The lowest BCUT2D eigenvalue weighted by Gasteiger charge is -2.37. The van der Waals surface area contributed by atoms with Crippen molar-refractivity contribution >= 4 is 23.6 Å². The summed E-state index contributed by atoms with van der Waals surface area (Å²) in [5, 5.41) is 6.00. The van der Waals surface area contributed by atoms with E-state index in [2.05, 4.69) is 17.6 Å². The molecular formula is C33H47N3O4. The number of nitrogens with one attached hydrogen (secondary N) is 2. The Morgan fingerprint density at radius 1 is 1.00 bits per heavy atom. The predicted octanol–water partition coefficient (Wildman–Crippen LogP) is 6.78. The standard InChI is InChI=1S/C33H47N3O4/c1-11-19(2)28(35-32(39)40-33(8,9)10)31(38)36(26-18-24(26)7)29(25-16-15-20(3)23(6)17-25)30(37)34-27-21(4)13-12-14-22(27)5/h12-17,19,24,26,28-29H,11,18H2,1-10H3,(H,34,37)(H,35,39). The van der Waals surface area contributed by atoms with Gasteiger partial charge in [0.1, 0.15) is 17.7 Å². The molecule has 0 radical (unpaired) electrons. The molecule has 0 aromatic heterocycles. The first kappa shape index (κ1) is 31.2. The Hall–Kier alpha value is -3.35. The molecule has 0 saturated heterocycles. The van der Waals surface area contributed by atoms with E-state index in [4.69, 9.17) is 4.74 Å². The molecule has 3 rings (SSSR count). The molecule has 218 valence electrons. The number of para-hydroxylation sites is 1. The lowest BCUT2D eigenvalue weighted by atomic mass is 9.94. The maximum atomic E-state index is 14.5. The van der Waals surface area contributed by atoms with Crippen LogP contribution in [-0.2, 0) is 14.3 Å². The summed E-state index contributed by atoms with van der Waals surface area (Å²) in [6.45, 7) is 19.3. The molecule has 0 aliphatic heterocycles. The minimum Gasteiger partial charge on any atom is -0.444 e. The summed E-state index contributed by atoms with van der Waals surface area (Å²) in [4.78, 5) is 43.3. The van der Waals surface area contributed by atoms with Crippen molar-refractivity contribution in [3.8, 4) is 0 Å². The van der Waals surface area contributed by atoms with E-state index in [1.54, 1.807) is 25.7 Å². The number of aryl methyl sites for hydroxylation is 4. The average Bonchev–Trinajstić information content (AvgIpc) is 3.58. The zero-order valence-electron chi connectivity index (χ0n) is 25.8. The summed E-state index contributed by atoms with van der Waals surface area (Å²) in [6.07, 6.45) is 0.824. The zero-order chi connectivity index (χ0) is 29.9. The second kappa shape index (κ2) is 12.4. The number of rotatable bonds is 9. The first-order valence-electron chi connectivity index (χ1n) is 14.4. The molecule has 2 aromatic rings. The molecular weight excluding hydrogens is 502 g/mol. The number of nitrogens with zero attached hydrogens (tertiary/aromatic N) is 1. The summed E-state index contributed by atoms with van der Waals surface area (Å²) in [5.41, 5.74) is 4.86. The number of alkyl carbamates (subject to hydrolysis) is 1. The highest BCUT2D eigenvalue weighted by Crippen LogP contribution is 2.42. The molecule has 1 aliphatic rings. The van der Waals surface area contributed by atoms with Crippen molar-refractivity contribution in [2.45, 2.75) is 106 Å². The van der Waals surface area contributed by atoms with E-state index >= 15 is 0 Å². The lowest BCUT2D eigenvalue weighted by Crippen LogP contribution is -2.55. The van der Waals surface area contributed by atoms with E-state index in [-0.39, 0.29) is 29.7 Å². The van der Waals surface area contributed by atoms with Crippen molar-refractivity contribution in [3.63, 3.8) is 0 Å². The van der Waals surface area contributed by atoms with Gasteiger partial charge in [0.05, 0.1) is 0 Å². The molecule has 1 fully saturated rings. The molecule has 1 aliphatic carbocycles. The van der Waals surface area contributed by atoms with Gasteiger partial charge in [0.2, 0.25) is 5.91 Å². The van der Waals surface area contributed by atoms with Gasteiger partial charge in [-0.15, -0.1) is 0 Å². The molecule has 3 amide bonds. The van der Waals surface area contributed by atoms with Gasteiger partial charge in [-0.2, -0.15) is 0 Å². The fourth-order valence-corrected chi connectivity index (χ4v) is 5.03. The molecule has 1 saturated carbocycles. The molecule has 2 N–H and O–H groups in total. The van der Waals surface area contributed by atoms with Crippen LogP contribution in [0.5, 0.6) is 0 Å². The maximum Gasteiger partial charge on any atom is 0.408 e. The maximum absolute atomic E-state index is 14.5. The summed E-state index contributed by atoms with van der Waals surface area (Å²) >= 11 is 0. The van der Waals surface area contributed by atoms with Crippen LogP contribution in [-0.4, -0.2) is 40.5 Å². The SMILES string of the molecule is CCC(C)C(NC(=O)OC(C)(C)C)C(=O)N(C(C(=O)Nc1c(C)cccc1C)c1ccc(C)c(C)c1)C1CC1C. The highest BCUT2D eigenvalue weighted by atomic mass is 16.6. The van der Waals surface area contributed by atoms with Gasteiger partial charge in [-0.05, 0) is 94.5 Å². The molecule has 7 heteroatoms. The highest BCUT2D eigenvalue weighted by Gasteiger charge is 2.49. The van der Waals surface area contributed by atoms with Gasteiger partial charge in [0.15, 0.2) is 0 Å². The van der Waals surface area contributed by atoms with Crippen molar-refractivity contribution < 1.29 is 19.1 Å². The Balaban J connectivity index is 2.10. The monoisotopic (exact) mass is 549 g/mol. The molecule has 0 heterocycles. The number of carbonyl (C=O) groups is 3. The number of ether oxygens (including phenoxy) is 1. The van der Waals surface area contributed by atoms with Gasteiger partial charge < -0.3 is 20.3 Å². The Morgan fingerprint density at radius 3 is 2.10 bits per heavy atom. The van der Waals surface area contributed by atoms with Crippen molar-refractivity contribution in [3.05, 3.63) is 64.2 Å². The fourth-order valence-electron chi connectivity index (χ4n) is 5.03. The third kappa shape index (κ3) is 7.43. The number of benzene rings is 2. The molecule has 0 bridgehead atoms. The smallest absolute Gasteiger partial charge is 0.408 e. The summed E-state index contributed by atoms with van der Waals surface area (Å²) < 4.78 is 5.52. The van der Waals surface area contributed by atoms with Crippen LogP contribution in [0.3, 0.4) is 0 Å². The minimum atomic E-state index is -0.868. The predicted molar refractivity (Wildman–Crippen MR) is 160 cm³/mol. The minimum absolute atomic E-state index is 0.116. The van der Waals surface area contributed by atoms with Crippen LogP contribution in [0.15, 0.2) is 36.4 Å². The van der Waals surface area contributed by atoms with E-state index in [0.717, 1.165) is 39.9 Å². The Labute approximate surface area is 240 Å². The Morgan fingerprint density at radius 2 is 1.60 bits per heavy atom. The van der Waals surface area contributed by atoms with Crippen molar-refractivity contribution in [2.75, 3.05) is 5.32 Å². The Kier molecular flexibility index (Phi) is 9.70. The van der Waals surface area contributed by atoms with E-state index in [1.807, 2.05) is 77.9 Å². The second-order valence-electron chi connectivity index (χ2n) is 12.5. The molecule has 5 atom stereocenters. The largest absolute Gasteiger partial charge is 0.444 e. The van der Waals surface area contributed by atoms with E-state index in [9.17, 15) is 14.4 Å². The van der Waals surface area contributed by atoms with Crippen LogP contribution in [0.25, 0.3) is 0 Å². The molecule has 7 nitrogen and oxygen atoms in total. The highest BCUT2D eigenvalue weighted by molar-refractivity contribution is 6.00. The van der Waals surface area contributed by atoms with Crippen LogP contribution < -0.4 is 10.6 Å². The van der Waals surface area contributed by atoms with Gasteiger partial charge in [-0.3, -0.25) is 9.59 Å². The fraction of sp³-hybridized carbons (Fsp3) is 0.545. The van der Waals surface area contributed by atoms with Gasteiger partial charge in [0.25, 0.3) is 5.91 Å². The van der Waals surface area contributed by atoms with Crippen molar-refractivity contribution in [2.24, 2.45) is 11.8 Å².